The quantitative estimate of drug-likeness (QED) is 0.757. The van der Waals surface area contributed by atoms with Gasteiger partial charge in [-0.2, -0.15) is 0 Å². The summed E-state index contributed by atoms with van der Waals surface area (Å²) in [7, 11) is 0. The van der Waals surface area contributed by atoms with Gasteiger partial charge in [-0.15, -0.1) is 23.5 Å². The number of rotatable bonds is 2. The molecule has 2 nitrogen and oxygen atoms in total. The van der Waals surface area contributed by atoms with E-state index >= 15 is 0 Å². The van der Waals surface area contributed by atoms with Crippen molar-refractivity contribution in [2.75, 3.05) is 5.75 Å². The minimum Gasteiger partial charge on any atom is -0.311 e. The number of halogens is 2. The van der Waals surface area contributed by atoms with Gasteiger partial charge < -0.3 is 4.57 Å². The van der Waals surface area contributed by atoms with Crippen LogP contribution in [-0.2, 0) is 0 Å². The zero-order valence-corrected chi connectivity index (χ0v) is 12.9. The van der Waals surface area contributed by atoms with Crippen LogP contribution in [0.25, 0.3) is 6.20 Å². The van der Waals surface area contributed by atoms with Crippen molar-refractivity contribution in [2.45, 2.75) is 5.25 Å². The lowest BCUT2D eigenvalue weighted by atomic mass is 10.2. The van der Waals surface area contributed by atoms with Crippen LogP contribution in [0.3, 0.4) is 0 Å². The molecule has 0 bridgehead atoms. The maximum atomic E-state index is 6.26. The summed E-state index contributed by atoms with van der Waals surface area (Å²) in [6, 6.07) is 5.72. The fraction of sp³-hybridized carbons (Fsp3) is 0.154. The van der Waals surface area contributed by atoms with E-state index in [-0.39, 0.29) is 0 Å². The predicted octanol–water partition coefficient (Wildman–Crippen LogP) is 5.17. The summed E-state index contributed by atoms with van der Waals surface area (Å²) in [6.07, 6.45) is 7.58. The van der Waals surface area contributed by atoms with Crippen LogP contribution in [0.4, 0.5) is 0 Å². The molecular weight excluding hydrogens is 319 g/mol. The first-order valence-electron chi connectivity index (χ1n) is 5.66. The average molecular weight is 329 g/mol. The van der Waals surface area contributed by atoms with E-state index in [2.05, 4.69) is 11.2 Å². The molecule has 1 aromatic carbocycles. The minimum atomic E-state index is 0.379. The van der Waals surface area contributed by atoms with Gasteiger partial charge >= 0.3 is 0 Å². The number of nitrogens with zero attached hydrogens (tertiary/aromatic N) is 2. The molecular formula is C13H10Cl2N2S2. The lowest BCUT2D eigenvalue weighted by Crippen LogP contribution is -1.92. The van der Waals surface area contributed by atoms with Gasteiger partial charge in [-0.05, 0) is 17.7 Å². The Morgan fingerprint density at radius 3 is 3.00 bits per heavy atom. The van der Waals surface area contributed by atoms with E-state index in [9.17, 15) is 0 Å². The first kappa shape index (κ1) is 13.4. The Bertz CT molecular complexity index is 611. The normalized spacial score (nSPS) is 21.2. The van der Waals surface area contributed by atoms with Gasteiger partial charge in [0.05, 0.1) is 10.6 Å². The standard InChI is InChI=1S/C13H10Cl2N2S2/c14-9-1-2-10(11(15)5-9)12-7-18-13(19-12)6-17-4-3-16-8-17/h1-6,8,12H,7H2/b13-6+. The van der Waals surface area contributed by atoms with Crippen molar-refractivity contribution in [1.29, 1.82) is 0 Å². The fourth-order valence-corrected chi connectivity index (χ4v) is 5.21. The maximum Gasteiger partial charge on any atom is 0.0987 e. The molecule has 2 heterocycles. The third-order valence-corrected chi connectivity index (χ3v) is 6.07. The summed E-state index contributed by atoms with van der Waals surface area (Å²) < 4.78 is 3.23. The SMILES string of the molecule is Clc1ccc(C2CS/C(=C\n3ccnc3)S2)c(Cl)c1. The van der Waals surface area contributed by atoms with E-state index in [0.29, 0.717) is 10.3 Å². The summed E-state index contributed by atoms with van der Waals surface area (Å²) >= 11 is 15.9. The molecule has 3 rings (SSSR count). The van der Waals surface area contributed by atoms with E-state index in [1.807, 2.05) is 46.4 Å². The lowest BCUT2D eigenvalue weighted by molar-refractivity contribution is 1.13. The molecule has 0 spiro atoms. The molecule has 1 saturated heterocycles. The molecule has 0 radical (unpaired) electrons. The molecule has 1 aliphatic rings. The van der Waals surface area contributed by atoms with Crippen LogP contribution in [0.5, 0.6) is 0 Å². The first-order valence-corrected chi connectivity index (χ1v) is 8.28. The Hall–Kier alpha value is -0.550. The van der Waals surface area contributed by atoms with Crippen LogP contribution in [0.2, 0.25) is 10.0 Å². The Kier molecular flexibility index (Phi) is 4.12. The van der Waals surface area contributed by atoms with Gasteiger partial charge in [0.15, 0.2) is 0 Å². The van der Waals surface area contributed by atoms with Crippen molar-refractivity contribution in [3.05, 3.63) is 56.8 Å². The zero-order valence-electron chi connectivity index (χ0n) is 9.79. The number of imidazole rings is 1. The van der Waals surface area contributed by atoms with Crippen molar-refractivity contribution in [3.63, 3.8) is 0 Å². The number of aromatic nitrogens is 2. The third-order valence-electron chi connectivity index (χ3n) is 2.72. The number of hydrogen-bond donors (Lipinski definition) is 0. The van der Waals surface area contributed by atoms with Crippen LogP contribution in [0.1, 0.15) is 10.8 Å². The molecule has 98 valence electrons. The Morgan fingerprint density at radius 2 is 2.26 bits per heavy atom. The van der Waals surface area contributed by atoms with E-state index in [1.54, 1.807) is 18.6 Å². The minimum absolute atomic E-state index is 0.379. The van der Waals surface area contributed by atoms with Crippen molar-refractivity contribution in [1.82, 2.24) is 9.55 Å². The Labute approximate surface area is 130 Å². The third kappa shape index (κ3) is 3.14. The second-order valence-corrected chi connectivity index (χ2v) is 7.45. The molecule has 1 aromatic heterocycles. The van der Waals surface area contributed by atoms with Crippen LogP contribution in [-0.4, -0.2) is 15.3 Å². The van der Waals surface area contributed by atoms with Crippen LogP contribution in [0, 0.1) is 0 Å². The van der Waals surface area contributed by atoms with E-state index in [1.165, 1.54) is 4.24 Å². The highest BCUT2D eigenvalue weighted by Crippen LogP contribution is 2.51. The number of hydrogen-bond acceptors (Lipinski definition) is 3. The summed E-state index contributed by atoms with van der Waals surface area (Å²) in [5.41, 5.74) is 1.15. The second-order valence-electron chi connectivity index (χ2n) is 4.04. The number of thioether (sulfide) groups is 2. The van der Waals surface area contributed by atoms with Crippen molar-refractivity contribution < 1.29 is 0 Å². The Balaban J connectivity index is 1.79. The van der Waals surface area contributed by atoms with Gasteiger partial charge in [-0.25, -0.2) is 4.98 Å². The molecule has 0 amide bonds. The molecule has 19 heavy (non-hydrogen) atoms. The highest BCUT2D eigenvalue weighted by molar-refractivity contribution is 8.25. The van der Waals surface area contributed by atoms with Crippen LogP contribution in [0.15, 0.2) is 41.2 Å². The summed E-state index contributed by atoms with van der Waals surface area (Å²) in [5.74, 6) is 1.02. The van der Waals surface area contributed by atoms with Crippen LogP contribution >= 0.6 is 46.7 Å². The van der Waals surface area contributed by atoms with Gasteiger partial charge in [0.1, 0.15) is 0 Å². The lowest BCUT2D eigenvalue weighted by Gasteiger charge is -2.10. The van der Waals surface area contributed by atoms with Crippen molar-refractivity contribution in [3.8, 4) is 0 Å². The van der Waals surface area contributed by atoms with E-state index in [4.69, 9.17) is 23.2 Å². The average Bonchev–Trinajstić information content (AvgIpc) is 3.01. The topological polar surface area (TPSA) is 17.8 Å². The van der Waals surface area contributed by atoms with Gasteiger partial charge in [0.25, 0.3) is 0 Å². The largest absolute Gasteiger partial charge is 0.311 e. The first-order chi connectivity index (χ1) is 9.22. The van der Waals surface area contributed by atoms with Crippen LogP contribution < -0.4 is 0 Å². The summed E-state index contributed by atoms with van der Waals surface area (Å²) in [6.45, 7) is 0. The summed E-state index contributed by atoms with van der Waals surface area (Å²) in [5, 5.41) is 1.80. The molecule has 0 N–H and O–H groups in total. The van der Waals surface area contributed by atoms with E-state index in [0.717, 1.165) is 16.3 Å². The monoisotopic (exact) mass is 328 g/mol. The van der Waals surface area contributed by atoms with Gasteiger partial charge in [0.2, 0.25) is 0 Å². The van der Waals surface area contributed by atoms with E-state index < -0.39 is 0 Å². The molecule has 1 atom stereocenters. The smallest absolute Gasteiger partial charge is 0.0987 e. The predicted molar refractivity (Wildman–Crippen MR) is 85.8 cm³/mol. The van der Waals surface area contributed by atoms with Crippen molar-refractivity contribution >= 4 is 52.9 Å². The van der Waals surface area contributed by atoms with Gasteiger partial charge in [-0.1, -0.05) is 29.3 Å². The molecule has 0 saturated carbocycles. The van der Waals surface area contributed by atoms with Gasteiger partial charge in [0, 0.05) is 39.6 Å². The highest BCUT2D eigenvalue weighted by Gasteiger charge is 2.24. The second kappa shape index (κ2) is 5.83. The molecule has 1 unspecified atom stereocenters. The number of benzene rings is 1. The molecule has 6 heteroatoms. The highest BCUT2D eigenvalue weighted by atomic mass is 35.5. The molecule has 1 fully saturated rings. The fourth-order valence-electron chi connectivity index (χ4n) is 1.82. The zero-order chi connectivity index (χ0) is 13.2. The molecule has 2 aromatic rings. The molecule has 1 aliphatic heterocycles. The van der Waals surface area contributed by atoms with Crippen molar-refractivity contribution in [2.24, 2.45) is 0 Å². The van der Waals surface area contributed by atoms with Gasteiger partial charge in [-0.3, -0.25) is 0 Å². The summed E-state index contributed by atoms with van der Waals surface area (Å²) in [4.78, 5) is 4.03. The maximum absolute atomic E-state index is 6.26. The Morgan fingerprint density at radius 1 is 1.37 bits per heavy atom. The molecule has 0 aliphatic carbocycles.